The van der Waals surface area contributed by atoms with Crippen molar-refractivity contribution in [2.24, 2.45) is 20.5 Å². The predicted octanol–water partition coefficient (Wildman–Crippen LogP) is 2.34. The molecule has 4 aromatic rings. The molecule has 49 heavy (non-hydrogen) atoms. The zero-order valence-corrected chi connectivity index (χ0v) is 27.4. The van der Waals surface area contributed by atoms with E-state index in [1.165, 1.54) is 24.3 Å². The molecule has 258 valence electrons. The zero-order valence-electron chi connectivity index (χ0n) is 24.1. The molecule has 0 aliphatic rings. The summed E-state index contributed by atoms with van der Waals surface area (Å²) in [5.74, 6) is -2.10. The summed E-state index contributed by atoms with van der Waals surface area (Å²) in [6, 6.07) is 10.7. The zero-order chi connectivity index (χ0) is 35.7. The maximum absolute atomic E-state index is 12.3. The molecule has 18 nitrogen and oxygen atoms in total. The van der Waals surface area contributed by atoms with Crippen LogP contribution >= 0.6 is 0 Å². The molecule has 23 heteroatoms. The number of sulfone groups is 2. The second-order valence-electron chi connectivity index (χ2n) is 9.73. The van der Waals surface area contributed by atoms with E-state index < -0.39 is 108 Å². The van der Waals surface area contributed by atoms with Crippen LogP contribution in [0.4, 0.5) is 28.4 Å². The minimum absolute atomic E-state index is 0. The molecule has 4 aromatic carbocycles. The Balaban J connectivity index is 0.00000650. The van der Waals surface area contributed by atoms with Crippen LogP contribution in [-0.4, -0.2) is 112 Å². The number of fused-ring (bicyclic) bond motifs is 1. The molecule has 0 aliphatic heterocycles. The molecule has 7 N–H and O–H groups in total. The molecule has 0 aliphatic carbocycles. The van der Waals surface area contributed by atoms with Crippen LogP contribution in [0, 0.1) is 0 Å². The molecule has 4 rings (SSSR count). The number of aliphatic hydroxyl groups is 2. The van der Waals surface area contributed by atoms with Crippen LogP contribution < -0.4 is 5.73 Å². The summed E-state index contributed by atoms with van der Waals surface area (Å²) in [6.45, 7) is -1.23. The molecule has 0 aromatic heterocycles. The summed E-state index contributed by atoms with van der Waals surface area (Å²) in [5, 5.41) is 43.3. The summed E-state index contributed by atoms with van der Waals surface area (Å²) in [5.41, 5.74) is 3.86. The van der Waals surface area contributed by atoms with Gasteiger partial charge < -0.3 is 21.1 Å². The number of hydrogen-bond acceptors (Lipinski definition) is 16. The Morgan fingerprint density at radius 1 is 0.592 bits per heavy atom. The summed E-state index contributed by atoms with van der Waals surface area (Å²) < 4.78 is 117. The number of nitrogens with two attached hydrogens (primary N) is 1. The third-order valence-electron chi connectivity index (χ3n) is 6.51. The molecular weight excluding hydrogens is 742 g/mol. The molecule has 0 unspecified atom stereocenters. The molecule has 0 amide bonds. The molecule has 0 saturated heterocycles. The number of phenolic OH excluding ortho intramolecular Hbond substituents is 1. The number of rotatable bonds is 12. The maximum atomic E-state index is 12.3. The monoisotopic (exact) mass is 767 g/mol. The second kappa shape index (κ2) is 15.2. The Kier molecular flexibility index (Phi) is 12.4. The predicted molar refractivity (Wildman–Crippen MR) is 176 cm³/mol. The van der Waals surface area contributed by atoms with Crippen molar-refractivity contribution in [3.8, 4) is 5.75 Å². The molecule has 0 radical (unpaired) electrons. The van der Waals surface area contributed by atoms with Crippen LogP contribution in [0.2, 0.25) is 0 Å². The van der Waals surface area contributed by atoms with Crippen molar-refractivity contribution >= 4 is 109 Å². The van der Waals surface area contributed by atoms with Gasteiger partial charge in [-0.1, -0.05) is 0 Å². The van der Waals surface area contributed by atoms with Gasteiger partial charge in [-0.15, -0.1) is 10.2 Å². The number of anilines is 1. The average Bonchev–Trinajstić information content (AvgIpc) is 2.99. The van der Waals surface area contributed by atoms with Crippen molar-refractivity contribution in [2.45, 2.75) is 19.6 Å². The number of benzene rings is 4. The fraction of sp³-hybridized carbons (Fsp3) is 0.154. The average molecular weight is 768 g/mol. The quantitative estimate of drug-likeness (QED) is 0.0522. The van der Waals surface area contributed by atoms with E-state index in [0.29, 0.717) is 12.1 Å². The molecule has 0 spiro atoms. The van der Waals surface area contributed by atoms with Gasteiger partial charge in [-0.25, -0.2) is 16.8 Å². The van der Waals surface area contributed by atoms with Crippen molar-refractivity contribution < 1.29 is 58.1 Å². The van der Waals surface area contributed by atoms with Crippen LogP contribution in [-0.2, 0) is 39.9 Å². The Labute approximate surface area is 301 Å². The van der Waals surface area contributed by atoms with Crippen LogP contribution in [0.5, 0.6) is 5.75 Å². The summed E-state index contributed by atoms with van der Waals surface area (Å²) in [7, 11) is -17.9. The SMILES string of the molecule is Nc1c(N=Nc2ccc(S(=O)(=O)CCO)cc2)c(S(=O)(=O)O)cc2cc(S(=O)(=O)O)c(N=Nc3ccc(S(=O)(=O)CCO)cc3)c(O)c12.[NaH]. The van der Waals surface area contributed by atoms with Gasteiger partial charge in [0.25, 0.3) is 20.2 Å². The first-order chi connectivity index (χ1) is 22.3. The Hall–Kier alpha value is -3.42. The summed E-state index contributed by atoms with van der Waals surface area (Å²) in [4.78, 5) is -2.34. The molecule has 0 atom stereocenters. The number of aromatic hydroxyl groups is 1. The number of aliphatic hydroxyl groups excluding tert-OH is 2. The Morgan fingerprint density at radius 2 is 0.959 bits per heavy atom. The normalized spacial score (nSPS) is 12.9. The molecule has 0 saturated carbocycles. The van der Waals surface area contributed by atoms with Gasteiger partial charge in [0.15, 0.2) is 25.4 Å². The number of hydrogen-bond donors (Lipinski definition) is 6. The third-order valence-corrected chi connectivity index (χ3v) is 11.7. The van der Waals surface area contributed by atoms with Gasteiger partial charge in [-0.05, 0) is 66.0 Å². The standard InChI is InChI=1S/C26H25N5O13S4.Na.H/c27-23-22-15(13-20(47(39,40)41)24(23)30-28-16-1-5-18(6-2-16)45(35,36)11-9-32)14-21(48(42,43)44)25(26(22)34)31-29-17-3-7-19(8-4-17)46(37,38)12-10-33;;/h1-8,13-14,32-34H,9-12,27H2,(H,39,40,41)(H,42,43,44);;. The second-order valence-corrected chi connectivity index (χ2v) is 16.7. The van der Waals surface area contributed by atoms with Crippen LogP contribution in [0.3, 0.4) is 0 Å². The van der Waals surface area contributed by atoms with Gasteiger partial charge in [-0.3, -0.25) is 9.11 Å². The summed E-state index contributed by atoms with van der Waals surface area (Å²) in [6.07, 6.45) is 0. The van der Waals surface area contributed by atoms with Crippen LogP contribution in [0.25, 0.3) is 10.8 Å². The van der Waals surface area contributed by atoms with Gasteiger partial charge in [0.1, 0.15) is 21.2 Å². The fourth-order valence-electron chi connectivity index (χ4n) is 4.24. The number of phenols is 1. The Morgan fingerprint density at radius 3 is 1.33 bits per heavy atom. The van der Waals surface area contributed by atoms with Crippen LogP contribution in [0.1, 0.15) is 0 Å². The van der Waals surface area contributed by atoms with E-state index in [9.17, 15) is 47.9 Å². The van der Waals surface area contributed by atoms with E-state index in [4.69, 9.17) is 15.9 Å². The minimum atomic E-state index is -5.19. The van der Waals surface area contributed by atoms with E-state index >= 15 is 0 Å². The molecular formula is C26H26N5NaO13S4. The van der Waals surface area contributed by atoms with Gasteiger partial charge in [0.2, 0.25) is 0 Å². The van der Waals surface area contributed by atoms with Gasteiger partial charge in [0, 0.05) is 0 Å². The van der Waals surface area contributed by atoms with E-state index in [1.807, 2.05) is 0 Å². The first kappa shape index (κ1) is 40.0. The van der Waals surface area contributed by atoms with Crippen molar-refractivity contribution in [3.63, 3.8) is 0 Å². The molecule has 0 bridgehead atoms. The van der Waals surface area contributed by atoms with E-state index in [-0.39, 0.29) is 50.7 Å². The van der Waals surface area contributed by atoms with Crippen molar-refractivity contribution in [1.29, 1.82) is 0 Å². The summed E-state index contributed by atoms with van der Waals surface area (Å²) >= 11 is 0. The van der Waals surface area contributed by atoms with E-state index in [2.05, 4.69) is 20.5 Å². The first-order valence-corrected chi connectivity index (χ1v) is 19.3. The van der Waals surface area contributed by atoms with Gasteiger partial charge >= 0.3 is 29.6 Å². The van der Waals surface area contributed by atoms with Crippen molar-refractivity contribution in [2.75, 3.05) is 30.5 Å². The van der Waals surface area contributed by atoms with E-state index in [1.54, 1.807) is 0 Å². The number of azo groups is 2. The topological polar surface area (TPSA) is 313 Å². The van der Waals surface area contributed by atoms with Crippen LogP contribution in [0.15, 0.2) is 101 Å². The fourth-order valence-corrected chi connectivity index (χ4v) is 7.62. The van der Waals surface area contributed by atoms with Crippen molar-refractivity contribution in [3.05, 3.63) is 60.7 Å². The molecule has 0 fully saturated rings. The number of nitrogens with zero attached hydrogens (tertiary/aromatic N) is 4. The molecule has 0 heterocycles. The van der Waals surface area contributed by atoms with Gasteiger partial charge in [-0.2, -0.15) is 27.1 Å². The Bertz CT molecular complexity index is 2240. The van der Waals surface area contributed by atoms with E-state index in [0.717, 1.165) is 24.3 Å². The van der Waals surface area contributed by atoms with Gasteiger partial charge in [0.05, 0.1) is 57.0 Å². The number of nitrogen functional groups attached to an aromatic ring is 1. The third kappa shape index (κ3) is 9.04. The van der Waals surface area contributed by atoms with Crippen molar-refractivity contribution in [1.82, 2.24) is 0 Å². The first-order valence-electron chi connectivity index (χ1n) is 13.1.